The maximum Gasteiger partial charge on any atom is 0.231 e. The fourth-order valence-electron chi connectivity index (χ4n) is 2.14. The smallest absolute Gasteiger partial charge is 0.231 e. The Bertz CT molecular complexity index is 607. The molecular formula is C12H18N8S. The first kappa shape index (κ1) is 14.1. The number of H-pyrrole nitrogens is 1. The standard InChI is InChI=1S/C12H18N8S/c1-3-13-9-15-10(20-6-4-5-7-20)17-11(16-9)21-12-14-8(2)18-19-12/h3-7H2,1-2H3,(H,14,18,19)(H,13,15,16,17). The molecule has 2 N–H and O–H groups in total. The first-order chi connectivity index (χ1) is 10.2. The molecule has 3 heterocycles. The Morgan fingerprint density at radius 1 is 1.14 bits per heavy atom. The highest BCUT2D eigenvalue weighted by Gasteiger charge is 2.18. The lowest BCUT2D eigenvalue weighted by molar-refractivity contribution is 0.823. The molecule has 9 heteroatoms. The second-order valence-corrected chi connectivity index (χ2v) is 5.71. The zero-order chi connectivity index (χ0) is 14.7. The molecule has 0 amide bonds. The summed E-state index contributed by atoms with van der Waals surface area (Å²) in [5.41, 5.74) is 0. The molecule has 1 aliphatic heterocycles. The normalized spacial score (nSPS) is 14.7. The van der Waals surface area contributed by atoms with Crippen molar-refractivity contribution in [3.05, 3.63) is 5.82 Å². The SMILES string of the molecule is CCNc1nc(Sc2n[nH]c(C)n2)nc(N2CCCC2)n1. The van der Waals surface area contributed by atoms with E-state index < -0.39 is 0 Å². The number of anilines is 2. The Labute approximate surface area is 127 Å². The Morgan fingerprint density at radius 3 is 2.62 bits per heavy atom. The third-order valence-corrected chi connectivity index (χ3v) is 3.82. The van der Waals surface area contributed by atoms with Crippen molar-refractivity contribution in [2.75, 3.05) is 29.9 Å². The summed E-state index contributed by atoms with van der Waals surface area (Å²) in [4.78, 5) is 19.9. The molecule has 1 fully saturated rings. The van der Waals surface area contributed by atoms with Crippen LogP contribution in [-0.4, -0.2) is 49.8 Å². The molecule has 0 unspecified atom stereocenters. The zero-order valence-corrected chi connectivity index (χ0v) is 12.9. The van der Waals surface area contributed by atoms with Crippen LogP contribution in [0, 0.1) is 6.92 Å². The molecule has 0 saturated carbocycles. The molecular weight excluding hydrogens is 288 g/mol. The van der Waals surface area contributed by atoms with Crippen LogP contribution in [0.3, 0.4) is 0 Å². The van der Waals surface area contributed by atoms with Crippen LogP contribution in [0.4, 0.5) is 11.9 Å². The van der Waals surface area contributed by atoms with Gasteiger partial charge in [0.05, 0.1) is 0 Å². The Balaban J connectivity index is 1.86. The molecule has 0 aliphatic carbocycles. The number of aryl methyl sites for hydroxylation is 1. The Morgan fingerprint density at radius 2 is 1.95 bits per heavy atom. The minimum atomic E-state index is 0.601. The van der Waals surface area contributed by atoms with Crippen LogP contribution in [0.15, 0.2) is 10.3 Å². The molecule has 3 rings (SSSR count). The molecule has 0 atom stereocenters. The highest BCUT2D eigenvalue weighted by Crippen LogP contribution is 2.25. The van der Waals surface area contributed by atoms with Gasteiger partial charge in [0.2, 0.25) is 22.2 Å². The molecule has 0 bridgehead atoms. The minimum absolute atomic E-state index is 0.601. The first-order valence-electron chi connectivity index (χ1n) is 7.06. The van der Waals surface area contributed by atoms with Crippen molar-refractivity contribution >= 4 is 23.7 Å². The van der Waals surface area contributed by atoms with Crippen LogP contribution in [0.5, 0.6) is 0 Å². The van der Waals surface area contributed by atoms with E-state index in [9.17, 15) is 0 Å². The molecule has 1 saturated heterocycles. The third-order valence-electron chi connectivity index (χ3n) is 3.09. The number of nitrogens with zero attached hydrogens (tertiary/aromatic N) is 6. The van der Waals surface area contributed by atoms with Crippen molar-refractivity contribution in [2.45, 2.75) is 37.0 Å². The summed E-state index contributed by atoms with van der Waals surface area (Å²) in [7, 11) is 0. The van der Waals surface area contributed by atoms with Crippen LogP contribution in [0.2, 0.25) is 0 Å². The molecule has 2 aromatic rings. The van der Waals surface area contributed by atoms with Gasteiger partial charge in [0, 0.05) is 19.6 Å². The van der Waals surface area contributed by atoms with Crippen molar-refractivity contribution in [2.24, 2.45) is 0 Å². The lowest BCUT2D eigenvalue weighted by Gasteiger charge is -2.16. The van der Waals surface area contributed by atoms with Gasteiger partial charge in [-0.1, -0.05) is 0 Å². The van der Waals surface area contributed by atoms with Gasteiger partial charge < -0.3 is 10.2 Å². The van der Waals surface area contributed by atoms with Gasteiger partial charge in [-0.3, -0.25) is 5.10 Å². The zero-order valence-electron chi connectivity index (χ0n) is 12.1. The van der Waals surface area contributed by atoms with E-state index in [0.717, 1.165) is 31.4 Å². The fraction of sp³-hybridized carbons (Fsp3) is 0.583. The van der Waals surface area contributed by atoms with Gasteiger partial charge in [-0.05, 0) is 38.5 Å². The minimum Gasteiger partial charge on any atom is -0.354 e. The first-order valence-corrected chi connectivity index (χ1v) is 7.88. The van der Waals surface area contributed by atoms with E-state index in [-0.39, 0.29) is 0 Å². The van der Waals surface area contributed by atoms with Crippen LogP contribution < -0.4 is 10.2 Å². The van der Waals surface area contributed by atoms with Crippen LogP contribution in [0.1, 0.15) is 25.6 Å². The summed E-state index contributed by atoms with van der Waals surface area (Å²) in [5, 5.41) is 11.3. The summed E-state index contributed by atoms with van der Waals surface area (Å²) >= 11 is 1.34. The van der Waals surface area contributed by atoms with Gasteiger partial charge in [0.1, 0.15) is 5.82 Å². The number of hydrogen-bond acceptors (Lipinski definition) is 8. The Hall–Kier alpha value is -1.90. The van der Waals surface area contributed by atoms with Crippen LogP contribution in [-0.2, 0) is 0 Å². The number of hydrogen-bond donors (Lipinski definition) is 2. The molecule has 21 heavy (non-hydrogen) atoms. The topological polar surface area (TPSA) is 95.5 Å². The summed E-state index contributed by atoms with van der Waals surface area (Å²) in [6, 6.07) is 0. The molecule has 0 spiro atoms. The van der Waals surface area contributed by atoms with Gasteiger partial charge in [-0.15, -0.1) is 5.10 Å². The van der Waals surface area contributed by atoms with Crippen LogP contribution >= 0.6 is 11.8 Å². The van der Waals surface area contributed by atoms with Gasteiger partial charge in [0.25, 0.3) is 0 Å². The largest absolute Gasteiger partial charge is 0.354 e. The fourth-order valence-corrected chi connectivity index (χ4v) is 2.83. The molecule has 0 aromatic carbocycles. The van der Waals surface area contributed by atoms with Crippen LogP contribution in [0.25, 0.3) is 0 Å². The number of rotatable bonds is 5. The number of nitrogens with one attached hydrogen (secondary N) is 2. The summed E-state index contributed by atoms with van der Waals surface area (Å²) in [6.45, 7) is 6.65. The maximum atomic E-state index is 4.53. The van der Waals surface area contributed by atoms with E-state index in [0.29, 0.717) is 16.3 Å². The van der Waals surface area contributed by atoms with Gasteiger partial charge in [0.15, 0.2) is 0 Å². The number of aromatic nitrogens is 6. The monoisotopic (exact) mass is 306 g/mol. The maximum absolute atomic E-state index is 4.53. The van der Waals surface area contributed by atoms with Crippen molar-refractivity contribution in [3.8, 4) is 0 Å². The second-order valence-electron chi connectivity index (χ2n) is 4.77. The van der Waals surface area contributed by atoms with Crippen molar-refractivity contribution in [1.82, 2.24) is 30.1 Å². The predicted octanol–water partition coefficient (Wildman–Crippen LogP) is 1.48. The summed E-state index contributed by atoms with van der Waals surface area (Å²) in [6.07, 6.45) is 2.37. The molecule has 1 aliphatic rings. The molecule has 112 valence electrons. The summed E-state index contributed by atoms with van der Waals surface area (Å²) in [5.74, 6) is 2.11. The van der Waals surface area contributed by atoms with Crippen molar-refractivity contribution in [3.63, 3.8) is 0 Å². The van der Waals surface area contributed by atoms with E-state index in [1.165, 1.54) is 24.6 Å². The second kappa shape index (κ2) is 6.25. The number of aromatic amines is 1. The molecule has 8 nitrogen and oxygen atoms in total. The van der Waals surface area contributed by atoms with Gasteiger partial charge in [-0.2, -0.15) is 15.0 Å². The van der Waals surface area contributed by atoms with E-state index >= 15 is 0 Å². The van der Waals surface area contributed by atoms with E-state index in [1.54, 1.807) is 0 Å². The average Bonchev–Trinajstić information content (AvgIpc) is 3.11. The quantitative estimate of drug-likeness (QED) is 0.857. The predicted molar refractivity (Wildman–Crippen MR) is 80.7 cm³/mol. The van der Waals surface area contributed by atoms with Gasteiger partial charge in [-0.25, -0.2) is 4.98 Å². The van der Waals surface area contributed by atoms with E-state index in [4.69, 9.17) is 0 Å². The lowest BCUT2D eigenvalue weighted by atomic mass is 10.4. The third kappa shape index (κ3) is 3.41. The van der Waals surface area contributed by atoms with Gasteiger partial charge >= 0.3 is 0 Å². The average molecular weight is 306 g/mol. The van der Waals surface area contributed by atoms with Crippen molar-refractivity contribution in [1.29, 1.82) is 0 Å². The summed E-state index contributed by atoms with van der Waals surface area (Å²) < 4.78 is 0. The highest BCUT2D eigenvalue weighted by molar-refractivity contribution is 7.99. The van der Waals surface area contributed by atoms with E-state index in [2.05, 4.69) is 40.3 Å². The molecule has 0 radical (unpaired) electrons. The molecule has 2 aromatic heterocycles. The van der Waals surface area contributed by atoms with E-state index in [1.807, 2.05) is 13.8 Å². The lowest BCUT2D eigenvalue weighted by Crippen LogP contribution is -2.21. The Kier molecular flexibility index (Phi) is 4.18. The van der Waals surface area contributed by atoms with Crippen molar-refractivity contribution < 1.29 is 0 Å². The highest BCUT2D eigenvalue weighted by atomic mass is 32.2.